The molecule has 0 amide bonds. The number of fused-ring (bicyclic) bond motifs is 3. The average molecular weight is 710 g/mol. The maximum atomic E-state index is 6.27. The number of anilines is 2. The second-order valence-electron chi connectivity index (χ2n) is 10.9. The quantitative estimate of drug-likeness (QED) is 0.176. The molecule has 40 heavy (non-hydrogen) atoms. The Bertz CT molecular complexity index is 1520. The number of imidazole rings is 1. The van der Waals surface area contributed by atoms with Gasteiger partial charge in [0.15, 0.2) is 0 Å². The third-order valence-electron chi connectivity index (χ3n) is 7.50. The Morgan fingerprint density at radius 3 is 2.25 bits per heavy atom. The number of hydrogen-bond acceptors (Lipinski definition) is 5. The van der Waals surface area contributed by atoms with Gasteiger partial charge < -0.3 is 23.8 Å². The zero-order valence-electron chi connectivity index (χ0n) is 23.7. The molecule has 1 aromatic heterocycles. The molecule has 8 heteroatoms. The number of ether oxygens (including phenoxy) is 1. The summed E-state index contributed by atoms with van der Waals surface area (Å²) in [6, 6.07) is 23.6. The Balaban J connectivity index is 0.00000323. The summed E-state index contributed by atoms with van der Waals surface area (Å²) in [6.45, 7) is 11.1. The first-order valence-electron chi connectivity index (χ1n) is 13.5. The summed E-state index contributed by atoms with van der Waals surface area (Å²) in [5.74, 6) is 2.97. The van der Waals surface area contributed by atoms with E-state index in [1.807, 2.05) is 66.4 Å². The van der Waals surface area contributed by atoms with Crippen LogP contribution in [0.3, 0.4) is 0 Å². The van der Waals surface area contributed by atoms with Crippen molar-refractivity contribution in [2.75, 3.05) is 23.8 Å². The van der Waals surface area contributed by atoms with Gasteiger partial charge in [-0.25, -0.2) is 0 Å². The summed E-state index contributed by atoms with van der Waals surface area (Å²) in [5, 5.41) is 0. The fraction of sp³-hybridized carbons (Fsp3) is 0.250. The van der Waals surface area contributed by atoms with Gasteiger partial charge in [-0.05, 0) is 54.9 Å². The first-order chi connectivity index (χ1) is 18.8. The van der Waals surface area contributed by atoms with Crippen LogP contribution in [0.15, 0.2) is 73.3 Å². The molecule has 0 saturated carbocycles. The van der Waals surface area contributed by atoms with E-state index in [1.165, 1.54) is 16.6 Å². The van der Waals surface area contributed by atoms with Gasteiger partial charge in [0.2, 0.25) is 0 Å². The molecule has 3 aromatic carbocycles. The van der Waals surface area contributed by atoms with Crippen LogP contribution >= 0.6 is 0 Å². The molecular weight excluding hydrogens is 676 g/mol. The van der Waals surface area contributed by atoms with Crippen LogP contribution in [0, 0.1) is 18.8 Å². The summed E-state index contributed by atoms with van der Waals surface area (Å²) in [4.78, 5) is 11.1. The van der Waals surface area contributed by atoms with Gasteiger partial charge in [0.25, 0.3) is 0 Å². The normalized spacial score (nSPS) is 14.1. The van der Waals surface area contributed by atoms with Crippen molar-refractivity contribution < 1.29 is 25.8 Å². The molecule has 0 spiro atoms. The van der Waals surface area contributed by atoms with Crippen LogP contribution in [0.1, 0.15) is 50.7 Å². The van der Waals surface area contributed by atoms with Crippen LogP contribution in [0.4, 0.5) is 11.4 Å². The molecule has 0 N–H and O–H groups in total. The van der Waals surface area contributed by atoms with Gasteiger partial charge in [-0.1, -0.05) is 69.3 Å². The SMILES string of the molecule is CC(C)c1cccc(C(C)C)c1B1N(C)c2ccc(Oc3[c-]c(N4C=CN(C)[CH-]4)ccc3)[c-]c2-c2nccn21.[Pt]. The van der Waals surface area contributed by atoms with E-state index in [-0.39, 0.29) is 28.0 Å². The van der Waals surface area contributed by atoms with Crippen molar-refractivity contribution in [2.24, 2.45) is 0 Å². The molecular formula is C32H33BN5OPt-3. The average Bonchev–Trinajstić information content (AvgIpc) is 3.58. The Hall–Kier alpha value is -3.44. The second-order valence-corrected chi connectivity index (χ2v) is 10.9. The monoisotopic (exact) mass is 709 g/mol. The van der Waals surface area contributed by atoms with E-state index in [1.54, 1.807) is 0 Å². The molecule has 2 aliphatic rings. The first-order valence-corrected chi connectivity index (χ1v) is 13.5. The summed E-state index contributed by atoms with van der Waals surface area (Å²) >= 11 is 0. The summed E-state index contributed by atoms with van der Waals surface area (Å²) in [5.41, 5.74) is 7.03. The Labute approximate surface area is 252 Å². The number of hydrogen-bond donors (Lipinski definition) is 0. The van der Waals surface area contributed by atoms with Crippen LogP contribution in [0.25, 0.3) is 11.4 Å². The summed E-state index contributed by atoms with van der Waals surface area (Å²) < 4.78 is 8.54. The molecule has 0 radical (unpaired) electrons. The van der Waals surface area contributed by atoms with Crippen LogP contribution in [0.5, 0.6) is 11.5 Å². The van der Waals surface area contributed by atoms with Gasteiger partial charge in [0, 0.05) is 50.8 Å². The minimum Gasteiger partial charge on any atom is -0.510 e. The summed E-state index contributed by atoms with van der Waals surface area (Å²) in [7, 11) is 4.16. The molecule has 0 saturated heterocycles. The van der Waals surface area contributed by atoms with Gasteiger partial charge in [-0.15, -0.1) is 30.0 Å². The first kappa shape index (κ1) is 28.1. The van der Waals surface area contributed by atoms with E-state index in [0.29, 0.717) is 23.3 Å². The molecule has 0 unspecified atom stereocenters. The van der Waals surface area contributed by atoms with Crippen molar-refractivity contribution in [3.05, 3.63) is 103 Å². The molecule has 3 heterocycles. The van der Waals surface area contributed by atoms with E-state index in [2.05, 4.69) is 86.6 Å². The van der Waals surface area contributed by atoms with E-state index in [4.69, 9.17) is 9.72 Å². The number of rotatable bonds is 6. The van der Waals surface area contributed by atoms with E-state index < -0.39 is 0 Å². The van der Waals surface area contributed by atoms with Crippen LogP contribution in [-0.4, -0.2) is 35.4 Å². The Morgan fingerprint density at radius 2 is 1.57 bits per heavy atom. The van der Waals surface area contributed by atoms with E-state index in [9.17, 15) is 0 Å². The van der Waals surface area contributed by atoms with Crippen LogP contribution in [0.2, 0.25) is 0 Å². The van der Waals surface area contributed by atoms with Crippen molar-refractivity contribution in [1.82, 2.24) is 14.4 Å². The molecule has 0 fully saturated rings. The molecule has 208 valence electrons. The molecule has 6 nitrogen and oxygen atoms in total. The topological polar surface area (TPSA) is 36.8 Å². The van der Waals surface area contributed by atoms with Gasteiger partial charge >= 0.3 is 6.98 Å². The predicted molar refractivity (Wildman–Crippen MR) is 159 cm³/mol. The van der Waals surface area contributed by atoms with Gasteiger partial charge in [0.1, 0.15) is 0 Å². The van der Waals surface area contributed by atoms with Crippen molar-refractivity contribution in [2.45, 2.75) is 39.5 Å². The molecule has 2 aliphatic heterocycles. The minimum absolute atomic E-state index is 0. The van der Waals surface area contributed by atoms with Crippen LogP contribution in [-0.2, 0) is 21.1 Å². The van der Waals surface area contributed by atoms with Gasteiger partial charge in [0.05, 0.1) is 0 Å². The minimum atomic E-state index is -0.000851. The zero-order chi connectivity index (χ0) is 27.3. The molecule has 0 bridgehead atoms. The van der Waals surface area contributed by atoms with Gasteiger partial charge in [-0.3, -0.25) is 4.98 Å². The molecule has 4 aromatic rings. The number of aromatic nitrogens is 2. The third kappa shape index (κ3) is 4.96. The standard InChI is InChI=1S/C32H33BN5O.Pt/c1-22(2)27-11-8-12-28(23(3)4)31(27)33-36(6)30-14-13-26(20-29(30)32-34-15-16-38(32)33)39-25-10-7-9-24(19-25)37-18-17-35(5)21-37;/h7-18,21-23H,1-6H3;/q-3;. The number of nitrogens with zero attached hydrogens (tertiary/aromatic N) is 5. The third-order valence-corrected chi connectivity index (χ3v) is 7.50. The van der Waals surface area contributed by atoms with E-state index >= 15 is 0 Å². The maximum Gasteiger partial charge on any atom is 0.399 e. The molecule has 6 rings (SSSR count). The predicted octanol–water partition coefficient (Wildman–Crippen LogP) is 6.22. The maximum absolute atomic E-state index is 6.27. The fourth-order valence-corrected chi connectivity index (χ4v) is 5.61. The van der Waals surface area contributed by atoms with Crippen molar-refractivity contribution in [1.29, 1.82) is 0 Å². The van der Waals surface area contributed by atoms with Crippen molar-refractivity contribution in [3.8, 4) is 22.9 Å². The van der Waals surface area contributed by atoms with Crippen molar-refractivity contribution >= 4 is 23.8 Å². The largest absolute Gasteiger partial charge is 0.510 e. The zero-order valence-corrected chi connectivity index (χ0v) is 26.0. The fourth-order valence-electron chi connectivity index (χ4n) is 5.61. The summed E-state index contributed by atoms with van der Waals surface area (Å²) in [6.07, 6.45) is 7.95. The molecule has 0 aliphatic carbocycles. The molecule has 0 atom stereocenters. The van der Waals surface area contributed by atoms with Crippen LogP contribution < -0.4 is 19.9 Å². The van der Waals surface area contributed by atoms with E-state index in [0.717, 1.165) is 22.8 Å². The Morgan fingerprint density at radius 1 is 0.875 bits per heavy atom. The Kier molecular flexibility index (Phi) is 7.88. The second kappa shape index (κ2) is 11.2. The number of benzene rings is 3. The smallest absolute Gasteiger partial charge is 0.399 e. The van der Waals surface area contributed by atoms with Crippen molar-refractivity contribution in [3.63, 3.8) is 0 Å². The van der Waals surface area contributed by atoms with Gasteiger partial charge in [-0.2, -0.15) is 12.7 Å².